The molecule has 6 fully saturated rings. The molecule has 0 N–H and O–H groups in total. The van der Waals surface area contributed by atoms with Gasteiger partial charge in [0, 0.05) is 22.2 Å². The standard InChI is InChI=1S/C35H64N2O10P2/c1-31(2)19-29(20-32(3,4)36(31)44-27-15-11-9-12-16-27)46-48(38)40-23-35(24-41-48)25-42-49(39,43-26-35)47-30-21-33(5,6)37(34(7,8)22-30)45-28-17-13-10-14-18-28/h27-30H,9-26H2,1-8H3. The molecular formula is C35H64N2O10P2. The number of hydroxylamine groups is 4. The van der Waals surface area contributed by atoms with E-state index in [9.17, 15) is 9.13 Å². The second-order valence-electron chi connectivity index (χ2n) is 18.3. The van der Waals surface area contributed by atoms with E-state index in [0.29, 0.717) is 25.7 Å². The van der Waals surface area contributed by atoms with Crippen LogP contribution in [0.2, 0.25) is 0 Å². The van der Waals surface area contributed by atoms with Crippen molar-refractivity contribution in [3.63, 3.8) is 0 Å². The number of nitrogens with zero attached hydrogens (tertiary/aromatic N) is 2. The zero-order valence-electron chi connectivity index (χ0n) is 31.4. The number of hydrogen-bond acceptors (Lipinski definition) is 12. The van der Waals surface area contributed by atoms with Gasteiger partial charge in [-0.05, 0) is 107 Å². The fourth-order valence-corrected chi connectivity index (χ4v) is 12.5. The highest BCUT2D eigenvalue weighted by atomic mass is 31.2. The zero-order chi connectivity index (χ0) is 35.3. The molecule has 2 aliphatic carbocycles. The van der Waals surface area contributed by atoms with Crippen molar-refractivity contribution in [1.82, 2.24) is 10.1 Å². The summed E-state index contributed by atoms with van der Waals surface area (Å²) in [5.41, 5.74) is -2.11. The van der Waals surface area contributed by atoms with Crippen LogP contribution in [0.25, 0.3) is 0 Å². The van der Waals surface area contributed by atoms with Crippen LogP contribution in [0.1, 0.15) is 145 Å². The molecule has 284 valence electrons. The minimum Gasteiger partial charge on any atom is -0.295 e. The van der Waals surface area contributed by atoms with E-state index in [2.05, 4.69) is 65.5 Å². The molecule has 4 aliphatic heterocycles. The van der Waals surface area contributed by atoms with Crippen LogP contribution in [-0.2, 0) is 45.9 Å². The number of hydrogen-bond donors (Lipinski definition) is 0. The van der Waals surface area contributed by atoms with Crippen molar-refractivity contribution in [2.24, 2.45) is 5.41 Å². The van der Waals surface area contributed by atoms with E-state index in [-0.39, 0.29) is 73.0 Å². The van der Waals surface area contributed by atoms with Gasteiger partial charge in [0.1, 0.15) is 0 Å². The predicted molar refractivity (Wildman–Crippen MR) is 186 cm³/mol. The Kier molecular flexibility index (Phi) is 11.4. The summed E-state index contributed by atoms with van der Waals surface area (Å²) in [5, 5.41) is 4.30. The Morgan fingerprint density at radius 3 is 1.04 bits per heavy atom. The molecule has 1 spiro atoms. The van der Waals surface area contributed by atoms with Gasteiger partial charge in [0.25, 0.3) is 0 Å². The molecule has 4 heterocycles. The lowest BCUT2D eigenvalue weighted by atomic mass is 9.80. The van der Waals surface area contributed by atoms with Gasteiger partial charge in [0.05, 0.1) is 56.3 Å². The van der Waals surface area contributed by atoms with E-state index < -0.39 is 21.1 Å². The summed E-state index contributed by atoms with van der Waals surface area (Å²) in [6, 6.07) is 0. The van der Waals surface area contributed by atoms with Crippen LogP contribution in [0.3, 0.4) is 0 Å². The maximum absolute atomic E-state index is 13.7. The zero-order valence-corrected chi connectivity index (χ0v) is 33.2. The van der Waals surface area contributed by atoms with Crippen LogP contribution in [0, 0.1) is 5.41 Å². The molecule has 0 bridgehead atoms. The Hall–Kier alpha value is 0.0600. The topological polar surface area (TPSA) is 114 Å². The monoisotopic (exact) mass is 734 g/mol. The third-order valence-corrected chi connectivity index (χ3v) is 14.3. The summed E-state index contributed by atoms with van der Waals surface area (Å²) in [7, 11) is -7.68. The molecule has 0 radical (unpaired) electrons. The van der Waals surface area contributed by atoms with Crippen molar-refractivity contribution < 1.29 is 45.9 Å². The van der Waals surface area contributed by atoms with Crippen molar-refractivity contribution in [1.29, 1.82) is 0 Å². The number of phosphoric ester groups is 2. The third kappa shape index (κ3) is 9.06. The van der Waals surface area contributed by atoms with Gasteiger partial charge in [-0.1, -0.05) is 38.5 Å². The molecule has 14 heteroatoms. The lowest BCUT2D eigenvalue weighted by Gasteiger charge is -2.55. The Morgan fingerprint density at radius 1 is 0.469 bits per heavy atom. The van der Waals surface area contributed by atoms with Crippen LogP contribution in [0.4, 0.5) is 0 Å². The van der Waals surface area contributed by atoms with Gasteiger partial charge in [0.15, 0.2) is 0 Å². The molecule has 6 rings (SSSR count). The highest BCUT2D eigenvalue weighted by Crippen LogP contribution is 2.62. The fraction of sp³-hybridized carbons (Fsp3) is 1.00. The summed E-state index contributed by atoms with van der Waals surface area (Å²) in [6.45, 7) is 17.3. The SMILES string of the molecule is CC1(C)CC(OP2(=O)OCC3(CO2)COP(=O)(OC2CC(C)(C)N(OC4CCCCC4)C(C)(C)C2)OC3)CC(C)(C)N1OC1CCCCC1. The lowest BCUT2D eigenvalue weighted by Crippen LogP contribution is -2.62. The molecule has 0 unspecified atom stereocenters. The summed E-state index contributed by atoms with van der Waals surface area (Å²) in [4.78, 5) is 13.2. The summed E-state index contributed by atoms with van der Waals surface area (Å²) < 4.78 is 63.2. The molecule has 6 aliphatic rings. The van der Waals surface area contributed by atoms with Gasteiger partial charge in [0.2, 0.25) is 0 Å². The smallest absolute Gasteiger partial charge is 0.295 e. The molecule has 0 aromatic heterocycles. The molecule has 4 saturated heterocycles. The molecule has 0 amide bonds. The maximum Gasteiger partial charge on any atom is 0.475 e. The predicted octanol–water partition coefficient (Wildman–Crippen LogP) is 8.89. The minimum atomic E-state index is -3.84. The van der Waals surface area contributed by atoms with E-state index in [4.69, 9.17) is 36.8 Å². The van der Waals surface area contributed by atoms with Crippen molar-refractivity contribution >= 4 is 15.6 Å². The highest BCUT2D eigenvalue weighted by molar-refractivity contribution is 7.48. The van der Waals surface area contributed by atoms with Gasteiger partial charge in [-0.3, -0.25) is 36.8 Å². The van der Waals surface area contributed by atoms with E-state index >= 15 is 0 Å². The Morgan fingerprint density at radius 2 is 0.755 bits per heavy atom. The molecule has 0 aromatic carbocycles. The first kappa shape index (κ1) is 38.8. The van der Waals surface area contributed by atoms with Gasteiger partial charge in [-0.2, -0.15) is 10.1 Å². The molecule has 2 saturated carbocycles. The van der Waals surface area contributed by atoms with Crippen LogP contribution in [0.5, 0.6) is 0 Å². The van der Waals surface area contributed by atoms with E-state index in [0.717, 1.165) is 25.7 Å². The molecule has 49 heavy (non-hydrogen) atoms. The van der Waals surface area contributed by atoms with Crippen molar-refractivity contribution in [3.8, 4) is 0 Å². The maximum atomic E-state index is 13.7. The summed E-state index contributed by atoms with van der Waals surface area (Å²) in [6.07, 6.45) is 14.0. The molecule has 12 nitrogen and oxygen atoms in total. The van der Waals surface area contributed by atoms with Crippen molar-refractivity contribution in [2.45, 2.75) is 192 Å². The number of phosphoric acid groups is 2. The first-order valence-electron chi connectivity index (χ1n) is 18.9. The first-order valence-corrected chi connectivity index (χ1v) is 21.8. The average molecular weight is 735 g/mol. The summed E-state index contributed by atoms with van der Waals surface area (Å²) in [5.74, 6) is 0. The Bertz CT molecular complexity index is 1090. The van der Waals surface area contributed by atoms with Crippen LogP contribution < -0.4 is 0 Å². The lowest BCUT2D eigenvalue weighted by molar-refractivity contribution is -0.317. The second kappa shape index (κ2) is 14.4. The highest BCUT2D eigenvalue weighted by Gasteiger charge is 2.55. The van der Waals surface area contributed by atoms with Crippen molar-refractivity contribution in [2.75, 3.05) is 26.4 Å². The second-order valence-corrected chi connectivity index (χ2v) is 21.6. The molecule has 0 aromatic rings. The summed E-state index contributed by atoms with van der Waals surface area (Å²) >= 11 is 0. The number of rotatable bonds is 8. The third-order valence-electron chi connectivity index (χ3n) is 11.4. The number of piperidine rings is 2. The largest absolute Gasteiger partial charge is 0.475 e. The van der Waals surface area contributed by atoms with Gasteiger partial charge in [-0.25, -0.2) is 9.13 Å². The normalized spacial score (nSPS) is 38.5. The van der Waals surface area contributed by atoms with E-state index in [1.54, 1.807) is 0 Å². The van der Waals surface area contributed by atoms with Gasteiger partial charge in [-0.15, -0.1) is 0 Å². The van der Waals surface area contributed by atoms with Crippen LogP contribution in [-0.4, -0.2) is 83.1 Å². The van der Waals surface area contributed by atoms with E-state index in [1.165, 1.54) is 38.5 Å². The van der Waals surface area contributed by atoms with Crippen LogP contribution >= 0.6 is 15.6 Å². The van der Waals surface area contributed by atoms with Crippen LogP contribution in [0.15, 0.2) is 0 Å². The quantitative estimate of drug-likeness (QED) is 0.222. The molecular weight excluding hydrogens is 670 g/mol. The molecule has 0 atom stereocenters. The van der Waals surface area contributed by atoms with Gasteiger partial charge >= 0.3 is 15.6 Å². The Balaban J connectivity index is 0.993. The Labute approximate surface area is 295 Å². The first-order chi connectivity index (χ1) is 22.8. The minimum absolute atomic E-state index is 0.0393. The van der Waals surface area contributed by atoms with Crippen molar-refractivity contribution in [3.05, 3.63) is 0 Å². The van der Waals surface area contributed by atoms with E-state index in [1.807, 2.05) is 0 Å². The average Bonchev–Trinajstić information content (AvgIpc) is 3.00. The fourth-order valence-electron chi connectivity index (χ4n) is 9.38. The van der Waals surface area contributed by atoms with Gasteiger partial charge < -0.3 is 0 Å².